The van der Waals surface area contributed by atoms with Crippen LogP contribution < -0.4 is 16.4 Å². The fraction of sp³-hybridized carbons (Fsp3) is 0.357. The van der Waals surface area contributed by atoms with Gasteiger partial charge < -0.3 is 15.1 Å². The molecule has 0 fully saturated rings. The van der Waals surface area contributed by atoms with Crippen molar-refractivity contribution in [2.75, 3.05) is 6.54 Å². The Morgan fingerprint density at radius 3 is 2.73 bits per heavy atom. The Balaban J connectivity index is 2.05. The zero-order valence-electron chi connectivity index (χ0n) is 12.2. The van der Waals surface area contributed by atoms with E-state index in [-0.39, 0.29) is 25.0 Å². The largest absolute Gasteiger partial charge is 0.420 e. The number of halogens is 1. The van der Waals surface area contributed by atoms with Crippen molar-refractivity contribution >= 4 is 34.5 Å². The maximum Gasteiger partial charge on any atom is 0.420 e. The van der Waals surface area contributed by atoms with Gasteiger partial charge in [0.25, 0.3) is 0 Å². The van der Waals surface area contributed by atoms with Gasteiger partial charge in [-0.3, -0.25) is 14.2 Å². The van der Waals surface area contributed by atoms with Crippen LogP contribution in [0.1, 0.15) is 13.8 Å². The van der Waals surface area contributed by atoms with Gasteiger partial charge in [-0.25, -0.2) is 4.79 Å². The average Bonchev–Trinajstić information content (AvgIpc) is 2.71. The molecular weight excluding hydrogens is 310 g/mol. The van der Waals surface area contributed by atoms with E-state index >= 15 is 0 Å². The standard InChI is InChI=1S/C14H16ClN3O4/c1-8(2)17-12(19)6-16-13(20)7-18-10-4-3-9(15)5-11(10)22-14(18)21/h3-5,8H,6-7H2,1-2H3,(H,16,20)(H,17,19). The van der Waals surface area contributed by atoms with Crippen LogP contribution in [0.25, 0.3) is 11.1 Å². The average molecular weight is 326 g/mol. The van der Waals surface area contributed by atoms with Gasteiger partial charge in [0.15, 0.2) is 5.58 Å². The van der Waals surface area contributed by atoms with Gasteiger partial charge in [0.05, 0.1) is 12.1 Å². The van der Waals surface area contributed by atoms with E-state index in [9.17, 15) is 14.4 Å². The second kappa shape index (κ2) is 6.65. The van der Waals surface area contributed by atoms with Crippen molar-refractivity contribution in [2.24, 2.45) is 0 Å². The predicted octanol–water partition coefficient (Wildman–Crippen LogP) is 0.889. The molecule has 7 nitrogen and oxygen atoms in total. The molecule has 1 heterocycles. The third-order valence-corrected chi connectivity index (χ3v) is 3.06. The number of fused-ring (bicyclic) bond motifs is 1. The predicted molar refractivity (Wildman–Crippen MR) is 81.8 cm³/mol. The van der Waals surface area contributed by atoms with Gasteiger partial charge in [0.1, 0.15) is 6.54 Å². The first-order chi connectivity index (χ1) is 10.4. The Hall–Kier alpha value is -2.28. The van der Waals surface area contributed by atoms with Gasteiger partial charge in [-0.2, -0.15) is 0 Å². The Labute approximate surface area is 131 Å². The molecule has 0 saturated carbocycles. The Bertz CT molecular complexity index is 763. The van der Waals surface area contributed by atoms with Crippen LogP contribution in [0.5, 0.6) is 0 Å². The summed E-state index contributed by atoms with van der Waals surface area (Å²) in [5.41, 5.74) is 0.777. The molecule has 0 bridgehead atoms. The molecule has 2 rings (SSSR count). The van der Waals surface area contributed by atoms with Crippen molar-refractivity contribution < 1.29 is 14.0 Å². The molecular formula is C14H16ClN3O4. The van der Waals surface area contributed by atoms with E-state index in [1.807, 2.05) is 13.8 Å². The summed E-state index contributed by atoms with van der Waals surface area (Å²) in [4.78, 5) is 35.1. The number of hydrogen-bond donors (Lipinski definition) is 2. The van der Waals surface area contributed by atoms with Crippen LogP contribution >= 0.6 is 11.6 Å². The van der Waals surface area contributed by atoms with Crippen LogP contribution in [0.2, 0.25) is 5.02 Å². The molecule has 1 aromatic heterocycles. The Kier molecular flexibility index (Phi) is 4.87. The summed E-state index contributed by atoms with van der Waals surface area (Å²) in [5, 5.41) is 5.53. The number of rotatable bonds is 5. The molecule has 2 N–H and O–H groups in total. The van der Waals surface area contributed by atoms with Crippen molar-refractivity contribution in [3.63, 3.8) is 0 Å². The number of carbonyl (C=O) groups excluding carboxylic acids is 2. The van der Waals surface area contributed by atoms with Crippen molar-refractivity contribution in [2.45, 2.75) is 26.4 Å². The SMILES string of the molecule is CC(C)NC(=O)CNC(=O)Cn1c(=O)oc2cc(Cl)ccc21. The normalized spacial score (nSPS) is 10.9. The number of nitrogens with one attached hydrogen (secondary N) is 2. The minimum absolute atomic E-state index is 0.00501. The summed E-state index contributed by atoms with van der Waals surface area (Å²) < 4.78 is 6.20. The highest BCUT2D eigenvalue weighted by Gasteiger charge is 2.13. The highest BCUT2D eigenvalue weighted by atomic mass is 35.5. The molecule has 0 saturated heterocycles. The molecule has 2 aromatic rings. The van der Waals surface area contributed by atoms with E-state index in [1.165, 1.54) is 10.6 Å². The molecule has 0 unspecified atom stereocenters. The maximum atomic E-state index is 11.8. The lowest BCUT2D eigenvalue weighted by Gasteiger charge is -2.09. The number of aromatic nitrogens is 1. The van der Waals surface area contributed by atoms with Crippen molar-refractivity contribution in [3.05, 3.63) is 33.8 Å². The lowest BCUT2D eigenvalue weighted by atomic mass is 10.3. The summed E-state index contributed by atoms with van der Waals surface area (Å²) in [6.07, 6.45) is 0. The van der Waals surface area contributed by atoms with E-state index in [1.54, 1.807) is 12.1 Å². The van der Waals surface area contributed by atoms with Gasteiger partial charge in [-0.05, 0) is 26.0 Å². The number of oxazole rings is 1. The van der Waals surface area contributed by atoms with Crippen molar-refractivity contribution in [3.8, 4) is 0 Å². The smallest absolute Gasteiger partial charge is 0.408 e. The van der Waals surface area contributed by atoms with Crippen LogP contribution in [-0.2, 0) is 16.1 Å². The molecule has 0 aliphatic rings. The molecule has 0 atom stereocenters. The van der Waals surface area contributed by atoms with E-state index in [2.05, 4.69) is 10.6 Å². The Morgan fingerprint density at radius 2 is 2.05 bits per heavy atom. The molecule has 118 valence electrons. The van der Waals surface area contributed by atoms with E-state index in [0.29, 0.717) is 16.1 Å². The molecule has 1 aromatic carbocycles. The highest BCUT2D eigenvalue weighted by molar-refractivity contribution is 6.31. The van der Waals surface area contributed by atoms with Gasteiger partial charge >= 0.3 is 5.76 Å². The topological polar surface area (TPSA) is 93.3 Å². The third-order valence-electron chi connectivity index (χ3n) is 2.83. The maximum absolute atomic E-state index is 11.8. The number of benzene rings is 1. The van der Waals surface area contributed by atoms with Crippen LogP contribution in [0.3, 0.4) is 0 Å². The molecule has 2 amide bonds. The monoisotopic (exact) mass is 325 g/mol. The van der Waals surface area contributed by atoms with Crippen LogP contribution in [0.15, 0.2) is 27.4 Å². The minimum atomic E-state index is -0.654. The van der Waals surface area contributed by atoms with Gasteiger partial charge in [-0.15, -0.1) is 0 Å². The number of nitrogens with zero attached hydrogens (tertiary/aromatic N) is 1. The zero-order chi connectivity index (χ0) is 16.3. The second-order valence-corrected chi connectivity index (χ2v) is 5.50. The molecule has 0 aliphatic heterocycles. The lowest BCUT2D eigenvalue weighted by Crippen LogP contribution is -2.41. The number of hydrogen-bond acceptors (Lipinski definition) is 4. The minimum Gasteiger partial charge on any atom is -0.408 e. The summed E-state index contributed by atoms with van der Waals surface area (Å²) >= 11 is 5.82. The summed E-state index contributed by atoms with van der Waals surface area (Å²) in [5.74, 6) is -1.41. The molecule has 0 spiro atoms. The molecule has 0 radical (unpaired) electrons. The highest BCUT2D eigenvalue weighted by Crippen LogP contribution is 2.18. The van der Waals surface area contributed by atoms with Crippen LogP contribution in [0, 0.1) is 0 Å². The molecule has 0 aliphatic carbocycles. The summed E-state index contributed by atoms with van der Waals surface area (Å²) in [6, 6.07) is 4.70. The fourth-order valence-corrected chi connectivity index (χ4v) is 2.10. The van der Waals surface area contributed by atoms with E-state index in [0.717, 1.165) is 0 Å². The van der Waals surface area contributed by atoms with Gasteiger partial charge in [-0.1, -0.05) is 11.6 Å². The van der Waals surface area contributed by atoms with Gasteiger partial charge in [0.2, 0.25) is 11.8 Å². The van der Waals surface area contributed by atoms with Crippen molar-refractivity contribution in [1.29, 1.82) is 0 Å². The Morgan fingerprint density at radius 1 is 1.32 bits per heavy atom. The fourth-order valence-electron chi connectivity index (χ4n) is 1.94. The third kappa shape index (κ3) is 3.88. The van der Waals surface area contributed by atoms with Crippen molar-refractivity contribution in [1.82, 2.24) is 15.2 Å². The first-order valence-electron chi connectivity index (χ1n) is 6.72. The van der Waals surface area contributed by atoms with Gasteiger partial charge in [0, 0.05) is 17.1 Å². The lowest BCUT2D eigenvalue weighted by molar-refractivity contribution is -0.126. The van der Waals surface area contributed by atoms with Crippen LogP contribution in [0.4, 0.5) is 0 Å². The van der Waals surface area contributed by atoms with E-state index in [4.69, 9.17) is 16.0 Å². The first-order valence-corrected chi connectivity index (χ1v) is 7.09. The number of carbonyl (C=O) groups is 2. The number of amides is 2. The van der Waals surface area contributed by atoms with E-state index < -0.39 is 11.7 Å². The zero-order valence-corrected chi connectivity index (χ0v) is 12.9. The quantitative estimate of drug-likeness (QED) is 0.853. The first kappa shape index (κ1) is 16.1. The molecule has 22 heavy (non-hydrogen) atoms. The van der Waals surface area contributed by atoms with Crippen LogP contribution in [-0.4, -0.2) is 29.0 Å². The molecule has 8 heteroatoms. The summed E-state index contributed by atoms with van der Waals surface area (Å²) in [7, 11) is 0. The second-order valence-electron chi connectivity index (χ2n) is 5.07. The summed E-state index contributed by atoms with van der Waals surface area (Å²) in [6.45, 7) is 3.26.